The smallest absolute Gasteiger partial charge is 0.255 e. The number of hydrogen-bond donors (Lipinski definition) is 2. The van der Waals surface area contributed by atoms with Gasteiger partial charge in [-0.05, 0) is 36.5 Å². The lowest BCUT2D eigenvalue weighted by molar-refractivity contribution is 0.0948. The minimum atomic E-state index is -0.265. The molecule has 0 bridgehead atoms. The van der Waals surface area contributed by atoms with Gasteiger partial charge in [-0.1, -0.05) is 18.5 Å². The van der Waals surface area contributed by atoms with Crippen molar-refractivity contribution in [1.29, 1.82) is 0 Å². The van der Waals surface area contributed by atoms with Gasteiger partial charge < -0.3 is 10.4 Å². The van der Waals surface area contributed by atoms with E-state index in [9.17, 15) is 9.90 Å². The molecule has 0 saturated heterocycles. The maximum absolute atomic E-state index is 11.7. The maximum atomic E-state index is 11.7. The molecule has 1 saturated carbocycles. The van der Waals surface area contributed by atoms with Crippen LogP contribution in [0.5, 0.6) is 5.75 Å². The molecule has 0 radical (unpaired) electrons. The molecule has 4 heteroatoms. The summed E-state index contributed by atoms with van der Waals surface area (Å²) in [5, 5.41) is 12.8. The Kier molecular flexibility index (Phi) is 3.06. The molecule has 0 heterocycles. The van der Waals surface area contributed by atoms with Gasteiger partial charge in [0.15, 0.2) is 0 Å². The fraction of sp³-hybridized carbons (Fsp3) is 0.417. The number of aromatic hydroxyl groups is 1. The number of benzene rings is 1. The van der Waals surface area contributed by atoms with Crippen LogP contribution in [0.25, 0.3) is 0 Å². The van der Waals surface area contributed by atoms with Crippen molar-refractivity contribution >= 4 is 17.5 Å². The third-order valence-electron chi connectivity index (χ3n) is 3.00. The number of hydrogen-bond acceptors (Lipinski definition) is 2. The normalized spacial score (nSPS) is 22.9. The molecule has 1 aromatic rings. The van der Waals surface area contributed by atoms with Crippen LogP contribution in [0.15, 0.2) is 18.2 Å². The van der Waals surface area contributed by atoms with Gasteiger partial charge in [-0.25, -0.2) is 0 Å². The van der Waals surface area contributed by atoms with E-state index in [4.69, 9.17) is 11.6 Å². The van der Waals surface area contributed by atoms with Crippen molar-refractivity contribution in [2.24, 2.45) is 11.8 Å². The van der Waals surface area contributed by atoms with Gasteiger partial charge in [0.25, 0.3) is 5.91 Å². The highest BCUT2D eigenvalue weighted by atomic mass is 35.5. The number of amides is 1. The van der Waals surface area contributed by atoms with Crippen LogP contribution in [0.4, 0.5) is 0 Å². The Morgan fingerprint density at radius 3 is 2.94 bits per heavy atom. The van der Waals surface area contributed by atoms with Crippen LogP contribution >= 0.6 is 11.6 Å². The first-order valence-corrected chi connectivity index (χ1v) is 5.72. The van der Waals surface area contributed by atoms with E-state index in [2.05, 4.69) is 12.2 Å². The number of rotatable bonds is 3. The minimum Gasteiger partial charge on any atom is -0.507 e. The number of halogens is 1. The van der Waals surface area contributed by atoms with Crippen molar-refractivity contribution in [3.63, 3.8) is 0 Å². The molecule has 2 N–H and O–H groups in total. The summed E-state index contributed by atoms with van der Waals surface area (Å²) in [6.45, 7) is 2.83. The summed E-state index contributed by atoms with van der Waals surface area (Å²) >= 11 is 5.77. The van der Waals surface area contributed by atoms with Gasteiger partial charge in [0.2, 0.25) is 0 Å². The Morgan fingerprint density at radius 1 is 1.62 bits per heavy atom. The predicted molar refractivity (Wildman–Crippen MR) is 62.7 cm³/mol. The van der Waals surface area contributed by atoms with E-state index >= 15 is 0 Å². The Bertz CT molecular complexity index is 419. The molecule has 0 aromatic heterocycles. The Morgan fingerprint density at radius 2 is 2.31 bits per heavy atom. The van der Waals surface area contributed by atoms with Gasteiger partial charge in [-0.15, -0.1) is 0 Å². The van der Waals surface area contributed by atoms with Gasteiger partial charge in [0.1, 0.15) is 5.75 Å². The van der Waals surface area contributed by atoms with Crippen LogP contribution < -0.4 is 5.32 Å². The lowest BCUT2D eigenvalue weighted by atomic mass is 10.2. The Balaban J connectivity index is 1.99. The topological polar surface area (TPSA) is 49.3 Å². The lowest BCUT2D eigenvalue weighted by Crippen LogP contribution is -2.25. The standard InChI is InChI=1S/C12H14ClNO2/c1-7-4-8(7)6-14-12(16)10-5-9(13)2-3-11(10)15/h2-3,5,7-8,15H,4,6H2,1H3,(H,14,16). The van der Waals surface area contributed by atoms with Gasteiger partial charge in [0, 0.05) is 11.6 Å². The zero-order valence-electron chi connectivity index (χ0n) is 9.03. The molecular formula is C12H14ClNO2. The zero-order valence-corrected chi connectivity index (χ0v) is 9.79. The second kappa shape index (κ2) is 4.34. The Hall–Kier alpha value is -1.22. The molecule has 1 amide bonds. The molecule has 86 valence electrons. The van der Waals surface area contributed by atoms with E-state index < -0.39 is 0 Å². The first kappa shape index (κ1) is 11.3. The lowest BCUT2D eigenvalue weighted by Gasteiger charge is -2.06. The SMILES string of the molecule is CC1CC1CNC(=O)c1cc(Cl)ccc1O. The van der Waals surface area contributed by atoms with E-state index in [1.807, 2.05) is 0 Å². The second-order valence-electron chi connectivity index (χ2n) is 4.34. The monoisotopic (exact) mass is 239 g/mol. The summed E-state index contributed by atoms with van der Waals surface area (Å²) in [5.74, 6) is 0.989. The van der Waals surface area contributed by atoms with Crippen LogP contribution in [0.1, 0.15) is 23.7 Å². The summed E-state index contributed by atoms with van der Waals surface area (Å²) in [6, 6.07) is 4.45. The largest absolute Gasteiger partial charge is 0.507 e. The van der Waals surface area contributed by atoms with E-state index in [-0.39, 0.29) is 17.2 Å². The minimum absolute atomic E-state index is 0.0363. The molecule has 2 atom stereocenters. The number of carbonyl (C=O) groups is 1. The van der Waals surface area contributed by atoms with Crippen molar-refractivity contribution in [1.82, 2.24) is 5.32 Å². The highest BCUT2D eigenvalue weighted by molar-refractivity contribution is 6.31. The van der Waals surface area contributed by atoms with Crippen LogP contribution in [-0.2, 0) is 0 Å². The van der Waals surface area contributed by atoms with Crippen molar-refractivity contribution in [2.75, 3.05) is 6.54 Å². The van der Waals surface area contributed by atoms with Crippen LogP contribution in [0.3, 0.4) is 0 Å². The van der Waals surface area contributed by atoms with Crippen molar-refractivity contribution in [3.8, 4) is 5.75 Å². The summed E-state index contributed by atoms with van der Waals surface area (Å²) in [5.41, 5.74) is 0.237. The second-order valence-corrected chi connectivity index (χ2v) is 4.78. The molecule has 1 aliphatic rings. The first-order valence-electron chi connectivity index (χ1n) is 5.34. The quantitative estimate of drug-likeness (QED) is 0.851. The molecule has 0 spiro atoms. The van der Waals surface area contributed by atoms with Crippen LogP contribution in [-0.4, -0.2) is 17.6 Å². The van der Waals surface area contributed by atoms with E-state index in [0.717, 1.165) is 0 Å². The summed E-state index contributed by atoms with van der Waals surface area (Å²) < 4.78 is 0. The van der Waals surface area contributed by atoms with Crippen LogP contribution in [0, 0.1) is 11.8 Å². The molecule has 1 aliphatic carbocycles. The molecule has 1 aromatic carbocycles. The first-order chi connectivity index (χ1) is 7.58. The van der Waals surface area contributed by atoms with Crippen molar-refractivity contribution < 1.29 is 9.90 Å². The van der Waals surface area contributed by atoms with Gasteiger partial charge in [-0.3, -0.25) is 4.79 Å². The number of phenols is 1. The van der Waals surface area contributed by atoms with Gasteiger partial charge in [0.05, 0.1) is 5.56 Å². The fourth-order valence-electron chi connectivity index (χ4n) is 1.69. The third kappa shape index (κ3) is 2.47. The zero-order chi connectivity index (χ0) is 11.7. The molecule has 0 aliphatic heterocycles. The molecule has 2 unspecified atom stereocenters. The van der Waals surface area contributed by atoms with Gasteiger partial charge in [-0.2, -0.15) is 0 Å². The fourth-order valence-corrected chi connectivity index (χ4v) is 1.86. The van der Waals surface area contributed by atoms with E-state index in [0.29, 0.717) is 23.4 Å². The van der Waals surface area contributed by atoms with E-state index in [1.165, 1.54) is 18.6 Å². The summed E-state index contributed by atoms with van der Waals surface area (Å²) in [4.78, 5) is 11.7. The van der Waals surface area contributed by atoms with E-state index in [1.54, 1.807) is 6.07 Å². The van der Waals surface area contributed by atoms with Crippen molar-refractivity contribution in [3.05, 3.63) is 28.8 Å². The van der Waals surface area contributed by atoms with Crippen molar-refractivity contribution in [2.45, 2.75) is 13.3 Å². The molecular weight excluding hydrogens is 226 g/mol. The maximum Gasteiger partial charge on any atom is 0.255 e. The average molecular weight is 240 g/mol. The molecule has 3 nitrogen and oxygen atoms in total. The van der Waals surface area contributed by atoms with Crippen LogP contribution in [0.2, 0.25) is 5.02 Å². The highest BCUT2D eigenvalue weighted by Gasteiger charge is 2.32. The third-order valence-corrected chi connectivity index (χ3v) is 3.24. The highest BCUT2D eigenvalue weighted by Crippen LogP contribution is 2.36. The van der Waals surface area contributed by atoms with Gasteiger partial charge >= 0.3 is 0 Å². The molecule has 2 rings (SSSR count). The average Bonchev–Trinajstić information content (AvgIpc) is 2.95. The summed E-state index contributed by atoms with van der Waals surface area (Å²) in [6.07, 6.45) is 1.17. The molecule has 16 heavy (non-hydrogen) atoms. The number of nitrogens with one attached hydrogen (secondary N) is 1. The number of phenolic OH excluding ortho intramolecular Hbond substituents is 1. The molecule has 1 fully saturated rings. The summed E-state index contributed by atoms with van der Waals surface area (Å²) in [7, 11) is 0. The Labute approximate surface area is 99.4 Å². The predicted octanol–water partition coefficient (Wildman–Crippen LogP) is 2.43. The number of carbonyl (C=O) groups excluding carboxylic acids is 1.